The molecule has 10 nitrogen and oxygen atoms in total. The Morgan fingerprint density at radius 1 is 0.600 bits per heavy atom. The molecule has 0 atom stereocenters. The van der Waals surface area contributed by atoms with E-state index in [0.29, 0.717) is 8.87 Å². The molecule has 0 unspecified atom stereocenters. The standard InChI is InChI=1S/2C8H17.2C4H8N2O3.Sn/c2*1-3-5-7-8-6-4-2;2*5-1-3(7)6-2-4(8)9;/h2*1,3-8H2,2H3;2*1-2,5H2,(H,6,7)(H,8,9);/q;;;;+2/p-2. The first-order valence-corrected chi connectivity index (χ1v) is 19.6. The van der Waals surface area contributed by atoms with Crippen molar-refractivity contribution in [2.24, 2.45) is 11.5 Å². The molecule has 0 aromatic heterocycles. The van der Waals surface area contributed by atoms with E-state index in [-0.39, 0.29) is 26.2 Å². The molecule has 0 radical (unpaired) electrons. The van der Waals surface area contributed by atoms with E-state index in [1.807, 2.05) is 0 Å². The maximum absolute atomic E-state index is 12.6. The second-order valence-electron chi connectivity index (χ2n) is 8.86. The van der Waals surface area contributed by atoms with Crippen molar-refractivity contribution >= 4 is 43.0 Å². The number of carbonyl (C=O) groups is 4. The van der Waals surface area contributed by atoms with Gasteiger partial charge in [0.2, 0.25) is 0 Å². The molecular weight excluding hydrogens is 559 g/mol. The summed E-state index contributed by atoms with van der Waals surface area (Å²) in [6.45, 7) is 3.23. The fourth-order valence-electron chi connectivity index (χ4n) is 3.67. The van der Waals surface area contributed by atoms with Gasteiger partial charge in [-0.05, 0) is 0 Å². The molecule has 0 rings (SSSR count). The Kier molecular flexibility index (Phi) is 21.0. The van der Waals surface area contributed by atoms with Gasteiger partial charge in [0, 0.05) is 0 Å². The zero-order valence-corrected chi connectivity index (χ0v) is 24.7. The predicted octanol–water partition coefficient (Wildman–Crippen LogP) is 2.39. The van der Waals surface area contributed by atoms with Gasteiger partial charge in [-0.2, -0.15) is 0 Å². The van der Waals surface area contributed by atoms with E-state index in [1.165, 1.54) is 12.8 Å². The van der Waals surface area contributed by atoms with Crippen LogP contribution in [-0.4, -0.2) is 69.1 Å². The van der Waals surface area contributed by atoms with Gasteiger partial charge in [0.1, 0.15) is 0 Å². The molecule has 0 aromatic carbocycles. The molecule has 0 heterocycles. The van der Waals surface area contributed by atoms with Crippen LogP contribution in [0.4, 0.5) is 0 Å². The minimum atomic E-state index is -4.23. The van der Waals surface area contributed by atoms with Crippen LogP contribution in [-0.2, 0) is 25.3 Å². The van der Waals surface area contributed by atoms with E-state index < -0.39 is 43.0 Å². The molecule has 0 fully saturated rings. The van der Waals surface area contributed by atoms with E-state index in [2.05, 4.69) is 24.5 Å². The van der Waals surface area contributed by atoms with Gasteiger partial charge < -0.3 is 0 Å². The van der Waals surface area contributed by atoms with Crippen LogP contribution in [0, 0.1) is 0 Å². The van der Waals surface area contributed by atoms with Crippen LogP contribution >= 0.6 is 0 Å². The molecule has 0 bridgehead atoms. The molecule has 11 heteroatoms. The zero-order chi connectivity index (χ0) is 26.4. The van der Waals surface area contributed by atoms with Gasteiger partial charge in [0.25, 0.3) is 0 Å². The Balaban J connectivity index is 5.35. The third kappa shape index (κ3) is 18.5. The molecule has 6 N–H and O–H groups in total. The zero-order valence-electron chi connectivity index (χ0n) is 21.8. The second-order valence-corrected chi connectivity index (χ2v) is 18.1. The molecule has 0 aromatic rings. The molecule has 0 saturated heterocycles. The maximum atomic E-state index is 12.6. The summed E-state index contributed by atoms with van der Waals surface area (Å²) in [7, 11) is 0. The third-order valence-electron chi connectivity index (χ3n) is 5.65. The van der Waals surface area contributed by atoms with Crippen LogP contribution in [0.3, 0.4) is 0 Å². The minimum absolute atomic E-state index is 0.229. The summed E-state index contributed by atoms with van der Waals surface area (Å²) in [5.41, 5.74) is 10.6. The number of rotatable bonds is 22. The van der Waals surface area contributed by atoms with Crippen molar-refractivity contribution in [2.45, 2.75) is 99.8 Å². The van der Waals surface area contributed by atoms with Gasteiger partial charge >= 0.3 is 216 Å². The topological polar surface area (TPSA) is 163 Å². The van der Waals surface area contributed by atoms with E-state index in [9.17, 15) is 19.2 Å². The molecule has 2 amide bonds. The molecule has 204 valence electrons. The fraction of sp³-hybridized carbons (Fsp3) is 0.833. The van der Waals surface area contributed by atoms with Crippen molar-refractivity contribution in [1.82, 2.24) is 10.6 Å². The Morgan fingerprint density at radius 3 is 1.29 bits per heavy atom. The van der Waals surface area contributed by atoms with Crippen molar-refractivity contribution < 1.29 is 25.3 Å². The number of hydrogen-bond acceptors (Lipinski definition) is 8. The van der Waals surface area contributed by atoms with Crippen LogP contribution in [0.2, 0.25) is 8.87 Å². The van der Waals surface area contributed by atoms with Crippen molar-refractivity contribution in [1.29, 1.82) is 0 Å². The summed E-state index contributed by atoms with van der Waals surface area (Å²) in [6.07, 6.45) is 12.7. The van der Waals surface area contributed by atoms with Gasteiger partial charge in [0.05, 0.1) is 0 Å². The third-order valence-corrected chi connectivity index (χ3v) is 15.4. The number of nitrogens with one attached hydrogen (secondary N) is 2. The first-order chi connectivity index (χ1) is 16.8. The van der Waals surface area contributed by atoms with Crippen LogP contribution in [0.5, 0.6) is 0 Å². The quantitative estimate of drug-likeness (QED) is 0.108. The summed E-state index contributed by atoms with van der Waals surface area (Å²) in [4.78, 5) is 48.2. The van der Waals surface area contributed by atoms with Crippen LogP contribution < -0.4 is 22.1 Å². The van der Waals surface area contributed by atoms with E-state index in [0.717, 1.165) is 64.2 Å². The van der Waals surface area contributed by atoms with Gasteiger partial charge in [0.15, 0.2) is 0 Å². The first kappa shape index (κ1) is 33.6. The normalized spacial score (nSPS) is 11.1. The summed E-state index contributed by atoms with van der Waals surface area (Å²) >= 11 is -4.23. The summed E-state index contributed by atoms with van der Waals surface area (Å²) in [6, 6.07) is 0. The predicted molar refractivity (Wildman–Crippen MR) is 138 cm³/mol. The van der Waals surface area contributed by atoms with Crippen molar-refractivity contribution in [3.05, 3.63) is 0 Å². The van der Waals surface area contributed by atoms with Gasteiger partial charge in [-0.3, -0.25) is 0 Å². The Morgan fingerprint density at radius 2 is 0.943 bits per heavy atom. The molecule has 0 aliphatic rings. The number of unbranched alkanes of at least 4 members (excludes halogenated alkanes) is 10. The van der Waals surface area contributed by atoms with E-state index >= 15 is 0 Å². The Hall–Kier alpha value is -1.40. The first-order valence-electron chi connectivity index (χ1n) is 13.2. The number of nitrogens with two attached hydrogens (primary N) is 2. The number of hydrogen-bond donors (Lipinski definition) is 4. The molecule has 35 heavy (non-hydrogen) atoms. The van der Waals surface area contributed by atoms with Crippen LogP contribution in [0.1, 0.15) is 90.9 Å². The van der Waals surface area contributed by atoms with Crippen LogP contribution in [0.25, 0.3) is 0 Å². The second kappa shape index (κ2) is 21.8. The van der Waals surface area contributed by atoms with Crippen LogP contribution in [0.15, 0.2) is 0 Å². The summed E-state index contributed by atoms with van der Waals surface area (Å²) in [5.74, 6) is -2.15. The van der Waals surface area contributed by atoms with E-state index in [1.54, 1.807) is 0 Å². The SMILES string of the molecule is CCCCCCC[CH2][Sn]([CH2]CCCCCCC)([O]C(=O)CNC(=O)CN)[O]C(=O)CNC(=O)CN. The van der Waals surface area contributed by atoms with Gasteiger partial charge in [-0.15, -0.1) is 0 Å². The number of carbonyl (C=O) groups excluding carboxylic acids is 4. The average molecular weight is 607 g/mol. The Labute approximate surface area is 216 Å². The van der Waals surface area contributed by atoms with Gasteiger partial charge in [-0.25, -0.2) is 0 Å². The van der Waals surface area contributed by atoms with Crippen molar-refractivity contribution in [3.63, 3.8) is 0 Å². The van der Waals surface area contributed by atoms with E-state index in [4.69, 9.17) is 17.6 Å². The van der Waals surface area contributed by atoms with Gasteiger partial charge in [-0.1, -0.05) is 0 Å². The van der Waals surface area contributed by atoms with Crippen molar-refractivity contribution in [3.8, 4) is 0 Å². The fourth-order valence-corrected chi connectivity index (χ4v) is 13.0. The summed E-state index contributed by atoms with van der Waals surface area (Å²) < 4.78 is 13.0. The molecule has 0 spiro atoms. The van der Waals surface area contributed by atoms with Crippen molar-refractivity contribution in [2.75, 3.05) is 26.2 Å². The molecule has 0 aliphatic heterocycles. The molecule has 0 saturated carbocycles. The molecular formula is C24H48N4O6Sn. The average Bonchev–Trinajstić information content (AvgIpc) is 2.85. The summed E-state index contributed by atoms with van der Waals surface area (Å²) in [5, 5.41) is 4.84. The monoisotopic (exact) mass is 608 g/mol. The molecule has 0 aliphatic carbocycles. The Bertz CT molecular complexity index is 569. The number of amides is 2.